The van der Waals surface area contributed by atoms with E-state index in [1.807, 2.05) is 0 Å². The van der Waals surface area contributed by atoms with E-state index in [9.17, 15) is 31.1 Å². The molecule has 2 aromatic heterocycles. The molecule has 1 N–H and O–H groups in total. The first kappa shape index (κ1) is 25.6. The lowest BCUT2D eigenvalue weighted by molar-refractivity contribution is -0.141. The number of amides is 1. The number of halogens is 6. The minimum atomic E-state index is -4.83. The van der Waals surface area contributed by atoms with Crippen LogP contribution in [0.25, 0.3) is 5.65 Å². The summed E-state index contributed by atoms with van der Waals surface area (Å²) >= 11 is 0. The monoisotopic (exact) mass is 515 g/mol. The molecular formula is C23H23F6N5O2. The SMILES string of the molecule is CC(C)(C)OC(=O)N1CC(CNc2cc(C(F)(F)F)nc3cc(C(F)F)nn23)(c2ccc(F)cc2)C1. The molecule has 3 heterocycles. The molecule has 1 aromatic carbocycles. The number of benzene rings is 1. The van der Waals surface area contributed by atoms with E-state index >= 15 is 0 Å². The maximum Gasteiger partial charge on any atom is 0.433 e. The summed E-state index contributed by atoms with van der Waals surface area (Å²) in [5, 5.41) is 6.55. The van der Waals surface area contributed by atoms with E-state index in [1.165, 1.54) is 29.2 Å². The molecule has 1 fully saturated rings. The molecule has 194 valence electrons. The number of alkyl halides is 5. The van der Waals surface area contributed by atoms with Crippen LogP contribution in [0.1, 0.15) is 44.1 Å². The average Bonchev–Trinajstić information content (AvgIpc) is 3.17. The lowest BCUT2D eigenvalue weighted by atomic mass is 9.73. The van der Waals surface area contributed by atoms with E-state index in [0.717, 1.165) is 10.6 Å². The zero-order valence-corrected chi connectivity index (χ0v) is 19.5. The Hall–Kier alpha value is -3.51. The van der Waals surface area contributed by atoms with Gasteiger partial charge in [-0.15, -0.1) is 0 Å². The normalized spacial score (nSPS) is 15.8. The smallest absolute Gasteiger partial charge is 0.433 e. The van der Waals surface area contributed by atoms with Crippen molar-refractivity contribution in [1.29, 1.82) is 0 Å². The van der Waals surface area contributed by atoms with Crippen LogP contribution in [0.3, 0.4) is 0 Å². The van der Waals surface area contributed by atoms with E-state index in [1.54, 1.807) is 20.8 Å². The van der Waals surface area contributed by atoms with Crippen LogP contribution < -0.4 is 5.32 Å². The standard InChI is InChI=1S/C23H23F6N5O2/c1-21(2,3)36-20(35)33-11-22(12-33,13-4-6-14(24)7-5-13)10-30-17-9-16(23(27,28)29)31-18-8-15(19(25)26)32-34(17)18/h4-9,19,30H,10-12H2,1-3H3. The van der Waals surface area contributed by atoms with Crippen molar-refractivity contribution in [3.8, 4) is 0 Å². The van der Waals surface area contributed by atoms with E-state index in [-0.39, 0.29) is 25.5 Å². The van der Waals surface area contributed by atoms with Gasteiger partial charge < -0.3 is 15.0 Å². The second-order valence-corrected chi connectivity index (χ2v) is 9.64. The number of nitrogens with one attached hydrogen (secondary N) is 1. The Balaban J connectivity index is 1.66. The summed E-state index contributed by atoms with van der Waals surface area (Å²) in [5.74, 6) is -0.691. The van der Waals surface area contributed by atoms with E-state index in [2.05, 4.69) is 15.4 Å². The lowest BCUT2D eigenvalue weighted by Crippen LogP contribution is -2.64. The zero-order chi connectivity index (χ0) is 26.5. The molecular weight excluding hydrogens is 492 g/mol. The summed E-state index contributed by atoms with van der Waals surface area (Å²) in [6.07, 6.45) is -8.40. The Morgan fingerprint density at radius 3 is 2.33 bits per heavy atom. The first-order chi connectivity index (χ1) is 16.7. The van der Waals surface area contributed by atoms with Crippen LogP contribution in [0, 0.1) is 5.82 Å². The van der Waals surface area contributed by atoms with Gasteiger partial charge in [-0.25, -0.2) is 22.9 Å². The van der Waals surface area contributed by atoms with Gasteiger partial charge in [0.25, 0.3) is 6.43 Å². The highest BCUT2D eigenvalue weighted by molar-refractivity contribution is 5.70. The fraction of sp³-hybridized carbons (Fsp3) is 0.435. The number of aromatic nitrogens is 3. The van der Waals surface area contributed by atoms with E-state index < -0.39 is 52.6 Å². The van der Waals surface area contributed by atoms with Gasteiger partial charge in [-0.05, 0) is 38.5 Å². The molecule has 0 aliphatic carbocycles. The van der Waals surface area contributed by atoms with Gasteiger partial charge in [-0.3, -0.25) is 0 Å². The third kappa shape index (κ3) is 5.19. The summed E-state index contributed by atoms with van der Waals surface area (Å²) in [6, 6.07) is 6.99. The molecule has 0 saturated carbocycles. The summed E-state index contributed by atoms with van der Waals surface area (Å²) in [4.78, 5) is 17.3. The van der Waals surface area contributed by atoms with Gasteiger partial charge in [-0.2, -0.15) is 22.8 Å². The van der Waals surface area contributed by atoms with Crippen molar-refractivity contribution in [3.05, 3.63) is 59.2 Å². The van der Waals surface area contributed by atoms with Gasteiger partial charge in [-0.1, -0.05) is 12.1 Å². The van der Waals surface area contributed by atoms with Crippen molar-refractivity contribution in [2.24, 2.45) is 0 Å². The molecule has 36 heavy (non-hydrogen) atoms. The van der Waals surface area contributed by atoms with Gasteiger partial charge >= 0.3 is 12.3 Å². The molecule has 0 unspecified atom stereocenters. The average molecular weight is 515 g/mol. The molecule has 0 atom stereocenters. The maximum absolute atomic E-state index is 13.6. The van der Waals surface area contributed by atoms with Gasteiger partial charge in [0.2, 0.25) is 0 Å². The number of carbonyl (C=O) groups excluding carboxylic acids is 1. The van der Waals surface area contributed by atoms with Crippen molar-refractivity contribution < 1.29 is 35.9 Å². The Morgan fingerprint density at radius 1 is 1.14 bits per heavy atom. The number of anilines is 1. The number of carbonyl (C=O) groups is 1. The van der Waals surface area contributed by atoms with Gasteiger partial charge in [0.1, 0.15) is 22.9 Å². The van der Waals surface area contributed by atoms with Gasteiger partial charge in [0.05, 0.1) is 0 Å². The van der Waals surface area contributed by atoms with Gasteiger partial charge in [0, 0.05) is 37.2 Å². The first-order valence-electron chi connectivity index (χ1n) is 10.9. The lowest BCUT2D eigenvalue weighted by Gasteiger charge is -2.50. The van der Waals surface area contributed by atoms with E-state index in [4.69, 9.17) is 4.74 Å². The summed E-state index contributed by atoms with van der Waals surface area (Å²) < 4.78 is 86.4. The van der Waals surface area contributed by atoms with Crippen molar-refractivity contribution >= 4 is 17.6 Å². The Labute approximate surface area is 202 Å². The van der Waals surface area contributed by atoms with E-state index in [0.29, 0.717) is 11.6 Å². The molecule has 1 saturated heterocycles. The molecule has 1 aliphatic rings. The minimum Gasteiger partial charge on any atom is -0.444 e. The zero-order valence-electron chi connectivity index (χ0n) is 19.5. The number of fused-ring (bicyclic) bond motifs is 1. The van der Waals surface area contributed by atoms with Crippen LogP contribution in [0.2, 0.25) is 0 Å². The molecule has 3 aromatic rings. The molecule has 13 heteroatoms. The van der Waals surface area contributed by atoms with Crippen LogP contribution in [0.4, 0.5) is 37.0 Å². The number of hydrogen-bond acceptors (Lipinski definition) is 5. The number of nitrogens with zero attached hydrogens (tertiary/aromatic N) is 4. The van der Waals surface area contributed by atoms with Crippen molar-refractivity contribution in [2.75, 3.05) is 25.0 Å². The third-order valence-corrected chi connectivity index (χ3v) is 5.66. The van der Waals surface area contributed by atoms with Crippen LogP contribution >= 0.6 is 0 Å². The summed E-state index contributed by atoms with van der Waals surface area (Å²) in [7, 11) is 0. The second kappa shape index (κ2) is 8.86. The fourth-order valence-electron chi connectivity index (χ4n) is 3.97. The predicted molar refractivity (Wildman–Crippen MR) is 117 cm³/mol. The maximum atomic E-state index is 13.6. The Morgan fingerprint density at radius 2 is 1.78 bits per heavy atom. The largest absolute Gasteiger partial charge is 0.444 e. The minimum absolute atomic E-state index is 0.0157. The van der Waals surface area contributed by atoms with Crippen molar-refractivity contribution in [1.82, 2.24) is 19.5 Å². The van der Waals surface area contributed by atoms with Crippen LogP contribution in [0.15, 0.2) is 36.4 Å². The molecule has 4 rings (SSSR count). The van der Waals surface area contributed by atoms with Gasteiger partial charge in [0.15, 0.2) is 11.3 Å². The quantitative estimate of drug-likeness (QED) is 0.459. The molecule has 7 nitrogen and oxygen atoms in total. The third-order valence-electron chi connectivity index (χ3n) is 5.66. The summed E-state index contributed by atoms with van der Waals surface area (Å²) in [6.45, 7) is 5.38. The predicted octanol–water partition coefficient (Wildman–Crippen LogP) is 5.43. The highest BCUT2D eigenvalue weighted by Crippen LogP contribution is 2.37. The molecule has 1 aliphatic heterocycles. The number of hydrogen-bond donors (Lipinski definition) is 1. The topological polar surface area (TPSA) is 71.8 Å². The van der Waals surface area contributed by atoms with Crippen molar-refractivity contribution in [2.45, 2.75) is 44.4 Å². The Bertz CT molecular complexity index is 1260. The van der Waals surface area contributed by atoms with Crippen LogP contribution in [-0.4, -0.2) is 50.8 Å². The fourth-order valence-corrected chi connectivity index (χ4v) is 3.97. The molecule has 1 amide bonds. The highest BCUT2D eigenvalue weighted by atomic mass is 19.4. The van der Waals surface area contributed by atoms with Crippen molar-refractivity contribution in [3.63, 3.8) is 0 Å². The molecule has 0 spiro atoms. The Kier molecular flexibility index (Phi) is 6.29. The number of ether oxygens (including phenoxy) is 1. The highest BCUT2D eigenvalue weighted by Gasteiger charge is 2.48. The molecule has 0 radical (unpaired) electrons. The molecule has 0 bridgehead atoms. The first-order valence-corrected chi connectivity index (χ1v) is 10.9. The number of rotatable bonds is 5. The summed E-state index contributed by atoms with van der Waals surface area (Å²) in [5.41, 5.74) is -3.33. The number of likely N-dealkylation sites (tertiary alicyclic amines) is 1. The second-order valence-electron chi connectivity index (χ2n) is 9.64. The van der Waals surface area contributed by atoms with Crippen LogP contribution in [0.5, 0.6) is 0 Å². The van der Waals surface area contributed by atoms with Crippen LogP contribution in [-0.2, 0) is 16.3 Å².